The summed E-state index contributed by atoms with van der Waals surface area (Å²) in [6.07, 6.45) is 2.28. The lowest BCUT2D eigenvalue weighted by Gasteiger charge is -2.12. The predicted octanol–water partition coefficient (Wildman–Crippen LogP) is 2.79. The standard InChI is InChI=1S/C14H17N3OS/c1-10(12-6-4-3-5-7-12)19(18)14-16-15-11(2)17(14)13-8-9-13/h3-7,10,13H,8-9H2,1-2H3/t10-,19+/m1/s1. The van der Waals surface area contributed by atoms with Crippen molar-refractivity contribution < 1.29 is 4.21 Å². The molecular weight excluding hydrogens is 258 g/mol. The Bertz CT molecular complexity index is 604. The monoisotopic (exact) mass is 275 g/mol. The van der Waals surface area contributed by atoms with Gasteiger partial charge in [0.1, 0.15) is 5.82 Å². The minimum Gasteiger partial charge on any atom is -0.301 e. The van der Waals surface area contributed by atoms with E-state index in [1.807, 2.05) is 44.2 Å². The van der Waals surface area contributed by atoms with Crippen molar-refractivity contribution in [3.63, 3.8) is 0 Å². The number of hydrogen-bond donors (Lipinski definition) is 0. The maximum absolute atomic E-state index is 12.7. The zero-order valence-electron chi connectivity index (χ0n) is 11.1. The predicted molar refractivity (Wildman–Crippen MR) is 74.3 cm³/mol. The summed E-state index contributed by atoms with van der Waals surface area (Å²) >= 11 is 0. The average molecular weight is 275 g/mol. The van der Waals surface area contributed by atoms with Crippen LogP contribution in [0.5, 0.6) is 0 Å². The summed E-state index contributed by atoms with van der Waals surface area (Å²) in [5.41, 5.74) is 1.07. The molecular formula is C14H17N3OS. The molecule has 1 aromatic heterocycles. The van der Waals surface area contributed by atoms with Crippen molar-refractivity contribution in [3.05, 3.63) is 41.7 Å². The van der Waals surface area contributed by atoms with Crippen LogP contribution in [0.25, 0.3) is 0 Å². The summed E-state index contributed by atoms with van der Waals surface area (Å²) in [7, 11) is -1.16. The van der Waals surface area contributed by atoms with Gasteiger partial charge in [0.2, 0.25) is 5.16 Å². The van der Waals surface area contributed by atoms with E-state index < -0.39 is 10.8 Å². The molecule has 1 aliphatic carbocycles. The fourth-order valence-electron chi connectivity index (χ4n) is 2.25. The second-order valence-electron chi connectivity index (χ2n) is 4.98. The molecule has 0 bridgehead atoms. The molecule has 1 aliphatic rings. The van der Waals surface area contributed by atoms with Gasteiger partial charge in [0, 0.05) is 6.04 Å². The summed E-state index contributed by atoms with van der Waals surface area (Å²) < 4.78 is 14.8. The van der Waals surface area contributed by atoms with Crippen LogP contribution in [-0.2, 0) is 10.8 Å². The van der Waals surface area contributed by atoms with E-state index in [-0.39, 0.29) is 5.25 Å². The Balaban J connectivity index is 1.92. The Morgan fingerprint density at radius 3 is 2.58 bits per heavy atom. The van der Waals surface area contributed by atoms with Crippen LogP contribution in [0.4, 0.5) is 0 Å². The average Bonchev–Trinajstić information content (AvgIpc) is 3.21. The highest BCUT2D eigenvalue weighted by Gasteiger charge is 2.31. The molecule has 2 atom stereocenters. The van der Waals surface area contributed by atoms with Gasteiger partial charge in [0.25, 0.3) is 0 Å². The van der Waals surface area contributed by atoms with Gasteiger partial charge in [-0.2, -0.15) is 0 Å². The van der Waals surface area contributed by atoms with Crippen molar-refractivity contribution in [2.75, 3.05) is 0 Å². The molecule has 19 heavy (non-hydrogen) atoms. The highest BCUT2D eigenvalue weighted by molar-refractivity contribution is 7.85. The van der Waals surface area contributed by atoms with Crippen LogP contribution in [0, 0.1) is 6.92 Å². The first-order valence-electron chi connectivity index (χ1n) is 6.55. The minimum absolute atomic E-state index is 0.0673. The SMILES string of the molecule is Cc1nnc([S@@](=O)[C@H](C)c2ccccc2)n1C1CC1. The number of aromatic nitrogens is 3. The van der Waals surface area contributed by atoms with Crippen LogP contribution in [0.15, 0.2) is 35.5 Å². The lowest BCUT2D eigenvalue weighted by atomic mass is 10.2. The smallest absolute Gasteiger partial charge is 0.222 e. The van der Waals surface area contributed by atoms with Crippen LogP contribution in [0.3, 0.4) is 0 Å². The van der Waals surface area contributed by atoms with Crippen LogP contribution >= 0.6 is 0 Å². The molecule has 1 aromatic carbocycles. The van der Waals surface area contributed by atoms with E-state index in [9.17, 15) is 4.21 Å². The number of rotatable bonds is 4. The third kappa shape index (κ3) is 2.34. The molecule has 1 heterocycles. The number of nitrogens with zero attached hydrogens (tertiary/aromatic N) is 3. The number of benzene rings is 1. The first-order chi connectivity index (χ1) is 9.18. The summed E-state index contributed by atoms with van der Waals surface area (Å²) in [5.74, 6) is 0.867. The van der Waals surface area contributed by atoms with E-state index in [1.165, 1.54) is 0 Å². The van der Waals surface area contributed by atoms with Gasteiger partial charge in [-0.25, -0.2) is 0 Å². The van der Waals surface area contributed by atoms with Crippen molar-refractivity contribution in [2.24, 2.45) is 0 Å². The molecule has 0 unspecified atom stereocenters. The van der Waals surface area contributed by atoms with Gasteiger partial charge in [-0.1, -0.05) is 30.3 Å². The molecule has 0 radical (unpaired) electrons. The molecule has 100 valence electrons. The van der Waals surface area contributed by atoms with Crippen molar-refractivity contribution in [2.45, 2.75) is 43.1 Å². The van der Waals surface area contributed by atoms with E-state index in [2.05, 4.69) is 14.8 Å². The topological polar surface area (TPSA) is 47.8 Å². The third-order valence-corrected chi connectivity index (χ3v) is 5.07. The molecule has 1 fully saturated rings. The molecule has 0 spiro atoms. The Morgan fingerprint density at radius 2 is 1.95 bits per heavy atom. The van der Waals surface area contributed by atoms with Gasteiger partial charge in [-0.15, -0.1) is 10.2 Å². The molecule has 0 amide bonds. The first-order valence-corrected chi connectivity index (χ1v) is 7.77. The molecule has 0 aliphatic heterocycles. The molecule has 4 nitrogen and oxygen atoms in total. The normalized spacial score (nSPS) is 18.2. The van der Waals surface area contributed by atoms with Crippen LogP contribution in [-0.4, -0.2) is 19.0 Å². The van der Waals surface area contributed by atoms with Gasteiger partial charge >= 0.3 is 0 Å². The quantitative estimate of drug-likeness (QED) is 0.862. The largest absolute Gasteiger partial charge is 0.301 e. The van der Waals surface area contributed by atoms with E-state index in [0.717, 1.165) is 24.2 Å². The van der Waals surface area contributed by atoms with Crippen molar-refractivity contribution in [1.82, 2.24) is 14.8 Å². The maximum Gasteiger partial charge on any atom is 0.222 e. The fraction of sp³-hybridized carbons (Fsp3) is 0.429. The van der Waals surface area contributed by atoms with Crippen LogP contribution in [0.1, 0.15) is 42.4 Å². The van der Waals surface area contributed by atoms with Gasteiger partial charge < -0.3 is 4.57 Å². The van der Waals surface area contributed by atoms with Crippen LogP contribution in [0.2, 0.25) is 0 Å². The van der Waals surface area contributed by atoms with E-state index >= 15 is 0 Å². The summed E-state index contributed by atoms with van der Waals surface area (Å²) in [6, 6.07) is 10.4. The molecule has 0 saturated heterocycles. The molecule has 2 aromatic rings. The highest BCUT2D eigenvalue weighted by atomic mass is 32.2. The Hall–Kier alpha value is -1.49. The maximum atomic E-state index is 12.7. The second-order valence-corrected chi connectivity index (χ2v) is 6.65. The molecule has 0 N–H and O–H groups in total. The number of aryl methyl sites for hydroxylation is 1. The zero-order valence-corrected chi connectivity index (χ0v) is 11.9. The number of hydrogen-bond acceptors (Lipinski definition) is 3. The summed E-state index contributed by atoms with van der Waals surface area (Å²) in [5, 5.41) is 8.79. The van der Waals surface area contributed by atoms with Gasteiger partial charge in [-0.05, 0) is 32.3 Å². The summed E-state index contributed by atoms with van der Waals surface area (Å²) in [6.45, 7) is 3.91. The fourth-order valence-corrected chi connectivity index (χ4v) is 3.56. The summed E-state index contributed by atoms with van der Waals surface area (Å²) in [4.78, 5) is 0. The third-order valence-electron chi connectivity index (χ3n) is 3.52. The van der Waals surface area contributed by atoms with Crippen LogP contribution < -0.4 is 0 Å². The lowest BCUT2D eigenvalue weighted by Crippen LogP contribution is -2.10. The van der Waals surface area contributed by atoms with E-state index in [1.54, 1.807) is 0 Å². The van der Waals surface area contributed by atoms with Crippen molar-refractivity contribution in [1.29, 1.82) is 0 Å². The second kappa shape index (κ2) is 4.89. The molecule has 1 saturated carbocycles. The molecule has 5 heteroatoms. The molecule has 3 rings (SSSR count). The Labute approximate surface area is 115 Å². The van der Waals surface area contributed by atoms with Gasteiger partial charge in [0.15, 0.2) is 0 Å². The van der Waals surface area contributed by atoms with Gasteiger partial charge in [-0.3, -0.25) is 4.21 Å². The van der Waals surface area contributed by atoms with E-state index in [0.29, 0.717) is 11.2 Å². The lowest BCUT2D eigenvalue weighted by molar-refractivity contribution is 0.613. The van der Waals surface area contributed by atoms with Crippen molar-refractivity contribution in [3.8, 4) is 0 Å². The first kappa shape index (κ1) is 12.5. The van der Waals surface area contributed by atoms with E-state index in [4.69, 9.17) is 0 Å². The Morgan fingerprint density at radius 1 is 1.26 bits per heavy atom. The highest BCUT2D eigenvalue weighted by Crippen LogP contribution is 2.38. The minimum atomic E-state index is -1.16. The zero-order chi connectivity index (χ0) is 13.4. The van der Waals surface area contributed by atoms with Crippen molar-refractivity contribution >= 4 is 10.8 Å². The van der Waals surface area contributed by atoms with Gasteiger partial charge in [0.05, 0.1) is 16.0 Å². The Kier molecular flexibility index (Phi) is 3.22.